The summed E-state index contributed by atoms with van der Waals surface area (Å²) in [6.45, 7) is 6.39. The van der Waals surface area contributed by atoms with Crippen molar-refractivity contribution < 1.29 is 0 Å². The zero-order chi connectivity index (χ0) is 6.91. The summed E-state index contributed by atoms with van der Waals surface area (Å²) in [7, 11) is 2.06. The molecule has 0 radical (unpaired) electrons. The number of nitrogens with zero attached hydrogens (tertiary/aromatic N) is 1. The van der Waals surface area contributed by atoms with Crippen LogP contribution in [0.1, 0.15) is 13.8 Å². The highest BCUT2D eigenvalue weighted by Crippen LogP contribution is 2.00. The van der Waals surface area contributed by atoms with Crippen molar-refractivity contribution in [1.82, 2.24) is 15.8 Å². The lowest BCUT2D eigenvalue weighted by Crippen LogP contribution is -2.64. The van der Waals surface area contributed by atoms with Gasteiger partial charge in [-0.1, -0.05) is 0 Å². The Morgan fingerprint density at radius 3 is 2.44 bits per heavy atom. The highest BCUT2D eigenvalue weighted by atomic mass is 15.6. The third-order valence-corrected chi connectivity index (χ3v) is 1.48. The third-order valence-electron chi connectivity index (χ3n) is 1.48. The summed E-state index contributed by atoms with van der Waals surface area (Å²) in [6.07, 6.45) is 0. The Hall–Kier alpha value is -0.120. The normalized spacial score (nSPS) is 28.3. The molecule has 0 aromatic rings. The van der Waals surface area contributed by atoms with E-state index in [0.717, 1.165) is 13.1 Å². The van der Waals surface area contributed by atoms with Crippen LogP contribution in [0.4, 0.5) is 0 Å². The molecule has 0 aliphatic carbocycles. The first-order valence-electron chi connectivity index (χ1n) is 3.34. The molecule has 0 bridgehead atoms. The lowest BCUT2D eigenvalue weighted by molar-refractivity contribution is 0.0845. The Morgan fingerprint density at radius 2 is 2.11 bits per heavy atom. The number of hydrogen-bond acceptors (Lipinski definition) is 3. The molecular weight excluding hydrogens is 114 g/mol. The topological polar surface area (TPSA) is 27.3 Å². The quantitative estimate of drug-likeness (QED) is 0.473. The van der Waals surface area contributed by atoms with Gasteiger partial charge in [0.25, 0.3) is 0 Å². The SMILES string of the molecule is CN1CCNC(C)(C)N1. The average Bonchev–Trinajstić information content (AvgIpc) is 1.60. The van der Waals surface area contributed by atoms with Crippen molar-refractivity contribution in [2.24, 2.45) is 0 Å². The van der Waals surface area contributed by atoms with Gasteiger partial charge in [-0.15, -0.1) is 0 Å². The van der Waals surface area contributed by atoms with Crippen LogP contribution in [0.15, 0.2) is 0 Å². The minimum atomic E-state index is 0.0764. The number of nitrogens with one attached hydrogen (secondary N) is 2. The molecule has 0 spiro atoms. The molecule has 1 heterocycles. The van der Waals surface area contributed by atoms with Gasteiger partial charge in [-0.2, -0.15) is 0 Å². The molecule has 54 valence electrons. The lowest BCUT2D eigenvalue weighted by Gasteiger charge is -2.38. The van der Waals surface area contributed by atoms with Crippen molar-refractivity contribution in [1.29, 1.82) is 0 Å². The molecule has 3 heteroatoms. The van der Waals surface area contributed by atoms with Gasteiger partial charge < -0.3 is 0 Å². The van der Waals surface area contributed by atoms with Crippen LogP contribution in [0.25, 0.3) is 0 Å². The predicted molar refractivity (Wildman–Crippen MR) is 37.8 cm³/mol. The highest BCUT2D eigenvalue weighted by molar-refractivity contribution is 4.76. The monoisotopic (exact) mass is 129 g/mol. The van der Waals surface area contributed by atoms with Crippen molar-refractivity contribution in [3.8, 4) is 0 Å². The zero-order valence-corrected chi connectivity index (χ0v) is 6.36. The van der Waals surface area contributed by atoms with Gasteiger partial charge in [0.05, 0.1) is 5.66 Å². The first-order chi connectivity index (χ1) is 4.10. The number of rotatable bonds is 0. The maximum Gasteiger partial charge on any atom is 0.0762 e. The van der Waals surface area contributed by atoms with Gasteiger partial charge in [0.1, 0.15) is 0 Å². The summed E-state index contributed by atoms with van der Waals surface area (Å²) < 4.78 is 0. The van der Waals surface area contributed by atoms with Gasteiger partial charge in [0.2, 0.25) is 0 Å². The highest BCUT2D eigenvalue weighted by Gasteiger charge is 2.21. The molecule has 0 unspecified atom stereocenters. The number of likely N-dealkylation sites (N-methyl/N-ethyl adjacent to an activating group) is 1. The van der Waals surface area contributed by atoms with E-state index in [9.17, 15) is 0 Å². The van der Waals surface area contributed by atoms with Crippen molar-refractivity contribution in [2.75, 3.05) is 20.1 Å². The van der Waals surface area contributed by atoms with Gasteiger partial charge in [-0.05, 0) is 13.8 Å². The molecule has 1 fully saturated rings. The molecule has 2 N–H and O–H groups in total. The molecule has 9 heavy (non-hydrogen) atoms. The molecule has 0 aromatic carbocycles. The van der Waals surface area contributed by atoms with Crippen molar-refractivity contribution in [3.05, 3.63) is 0 Å². The fourth-order valence-corrected chi connectivity index (χ4v) is 1.11. The van der Waals surface area contributed by atoms with Crippen LogP contribution in [0.3, 0.4) is 0 Å². The summed E-state index contributed by atoms with van der Waals surface area (Å²) in [5.41, 5.74) is 3.35. The Labute approximate surface area is 56.4 Å². The number of hydrogen-bond donors (Lipinski definition) is 2. The molecule has 0 saturated carbocycles. The standard InChI is InChI=1S/C6H15N3/c1-6(2)7-4-5-9(3)8-6/h7-8H,4-5H2,1-3H3. The maximum atomic E-state index is 3.34. The smallest absolute Gasteiger partial charge is 0.0762 e. The Bertz CT molecular complexity index is 100. The average molecular weight is 129 g/mol. The number of hydrazine groups is 1. The van der Waals surface area contributed by atoms with E-state index < -0.39 is 0 Å². The van der Waals surface area contributed by atoms with Crippen molar-refractivity contribution in [3.63, 3.8) is 0 Å². The Kier molecular flexibility index (Phi) is 1.75. The predicted octanol–water partition coefficient (Wildman–Crippen LogP) is -0.238. The van der Waals surface area contributed by atoms with Crippen molar-refractivity contribution in [2.45, 2.75) is 19.5 Å². The largest absolute Gasteiger partial charge is 0.297 e. The summed E-state index contributed by atoms with van der Waals surface area (Å²) in [5, 5.41) is 5.44. The van der Waals surface area contributed by atoms with Gasteiger partial charge >= 0.3 is 0 Å². The van der Waals surface area contributed by atoms with E-state index in [1.807, 2.05) is 0 Å². The molecule has 0 atom stereocenters. The molecule has 0 amide bonds. The molecular formula is C6H15N3. The van der Waals surface area contributed by atoms with E-state index in [1.165, 1.54) is 0 Å². The van der Waals surface area contributed by atoms with Crippen LogP contribution in [0, 0.1) is 0 Å². The van der Waals surface area contributed by atoms with Gasteiger partial charge in [-0.3, -0.25) is 5.32 Å². The first kappa shape index (κ1) is 6.99. The van der Waals surface area contributed by atoms with Crippen LogP contribution in [-0.2, 0) is 0 Å². The Morgan fingerprint density at radius 1 is 1.44 bits per heavy atom. The molecule has 1 rings (SSSR count). The first-order valence-corrected chi connectivity index (χ1v) is 3.34. The van der Waals surface area contributed by atoms with E-state index in [1.54, 1.807) is 0 Å². The molecule has 1 saturated heterocycles. The van der Waals surface area contributed by atoms with Crippen LogP contribution >= 0.6 is 0 Å². The third kappa shape index (κ3) is 1.93. The fraction of sp³-hybridized carbons (Fsp3) is 1.00. The van der Waals surface area contributed by atoms with Crippen LogP contribution in [-0.4, -0.2) is 30.8 Å². The van der Waals surface area contributed by atoms with E-state index >= 15 is 0 Å². The Balaban J connectivity index is 2.41. The minimum Gasteiger partial charge on any atom is -0.297 e. The summed E-state index contributed by atoms with van der Waals surface area (Å²) in [5.74, 6) is 0. The molecule has 1 aliphatic rings. The second kappa shape index (κ2) is 2.25. The van der Waals surface area contributed by atoms with Gasteiger partial charge in [0.15, 0.2) is 0 Å². The molecule has 1 aliphatic heterocycles. The van der Waals surface area contributed by atoms with E-state index in [-0.39, 0.29) is 5.66 Å². The van der Waals surface area contributed by atoms with E-state index in [0.29, 0.717) is 0 Å². The van der Waals surface area contributed by atoms with Gasteiger partial charge in [-0.25, -0.2) is 10.4 Å². The second-order valence-corrected chi connectivity index (χ2v) is 3.09. The van der Waals surface area contributed by atoms with Crippen molar-refractivity contribution >= 4 is 0 Å². The summed E-state index contributed by atoms with van der Waals surface area (Å²) in [6, 6.07) is 0. The summed E-state index contributed by atoms with van der Waals surface area (Å²) in [4.78, 5) is 0. The minimum absolute atomic E-state index is 0.0764. The molecule has 0 aromatic heterocycles. The van der Waals surface area contributed by atoms with Gasteiger partial charge in [0, 0.05) is 20.1 Å². The second-order valence-electron chi connectivity index (χ2n) is 3.09. The van der Waals surface area contributed by atoms with Crippen LogP contribution < -0.4 is 10.7 Å². The summed E-state index contributed by atoms with van der Waals surface area (Å²) >= 11 is 0. The van der Waals surface area contributed by atoms with E-state index in [4.69, 9.17) is 0 Å². The van der Waals surface area contributed by atoms with Crippen LogP contribution in [0.5, 0.6) is 0 Å². The van der Waals surface area contributed by atoms with E-state index in [2.05, 4.69) is 36.6 Å². The molecule has 3 nitrogen and oxygen atoms in total. The lowest BCUT2D eigenvalue weighted by atomic mass is 10.2. The fourth-order valence-electron chi connectivity index (χ4n) is 1.11. The zero-order valence-electron chi connectivity index (χ0n) is 6.36. The van der Waals surface area contributed by atoms with Crippen LogP contribution in [0.2, 0.25) is 0 Å². The maximum absolute atomic E-state index is 3.34.